The molecule has 0 radical (unpaired) electrons. The van der Waals surface area contributed by atoms with Gasteiger partial charge in [-0.25, -0.2) is 0 Å². The summed E-state index contributed by atoms with van der Waals surface area (Å²) in [5, 5.41) is 12.6. The molecule has 7 heteroatoms. The molecule has 1 atom stereocenters. The highest BCUT2D eigenvalue weighted by Gasteiger charge is 2.31. The Hall–Kier alpha value is -1.86. The van der Waals surface area contributed by atoms with Gasteiger partial charge in [0, 0.05) is 20.4 Å². The van der Waals surface area contributed by atoms with E-state index in [2.05, 4.69) is 5.32 Å². The molecule has 6 nitrogen and oxygen atoms in total. The molecule has 2 rings (SSSR count). The van der Waals surface area contributed by atoms with E-state index in [4.69, 9.17) is 4.65 Å². The lowest BCUT2D eigenvalue weighted by Crippen LogP contribution is -2.48. The fourth-order valence-corrected chi connectivity index (χ4v) is 2.58. The normalized spacial score (nSPS) is 14.6. The van der Waals surface area contributed by atoms with Crippen LogP contribution in [0.3, 0.4) is 0 Å². The third kappa shape index (κ3) is 3.43. The van der Waals surface area contributed by atoms with Gasteiger partial charge >= 0.3 is 7.12 Å². The smallest absolute Gasteiger partial charge is 0.423 e. The molecule has 2 amide bonds. The molecule has 1 aliphatic rings. The van der Waals surface area contributed by atoms with Gasteiger partial charge < -0.3 is 19.9 Å². The topological polar surface area (TPSA) is 78.9 Å². The van der Waals surface area contributed by atoms with Gasteiger partial charge in [-0.1, -0.05) is 18.2 Å². The first-order chi connectivity index (χ1) is 9.90. The van der Waals surface area contributed by atoms with Crippen LogP contribution in [0.15, 0.2) is 18.2 Å². The zero-order valence-electron chi connectivity index (χ0n) is 12.4. The molecule has 0 bridgehead atoms. The van der Waals surface area contributed by atoms with E-state index in [-0.39, 0.29) is 11.8 Å². The van der Waals surface area contributed by atoms with E-state index in [1.165, 1.54) is 13.8 Å². The summed E-state index contributed by atoms with van der Waals surface area (Å²) in [4.78, 5) is 24.5. The highest BCUT2D eigenvalue weighted by Crippen LogP contribution is 2.15. The Kier molecular flexibility index (Phi) is 4.64. The fraction of sp³-hybridized carbons (Fsp3) is 0.429. The van der Waals surface area contributed by atoms with Gasteiger partial charge in [-0.05, 0) is 23.5 Å². The van der Waals surface area contributed by atoms with Crippen LogP contribution in [-0.2, 0) is 27.4 Å². The molecule has 1 unspecified atom stereocenters. The number of rotatable bonds is 4. The Labute approximate surface area is 124 Å². The van der Waals surface area contributed by atoms with Crippen molar-refractivity contribution in [1.29, 1.82) is 0 Å². The second kappa shape index (κ2) is 6.28. The number of nitrogens with one attached hydrogen (secondary N) is 1. The molecule has 2 N–H and O–H groups in total. The molecule has 112 valence electrons. The predicted molar refractivity (Wildman–Crippen MR) is 78.3 cm³/mol. The molecule has 1 aromatic carbocycles. The number of hydrogen-bond donors (Lipinski definition) is 2. The standard InChI is InChI=1S/C14H19BN2O4/c1-9(16-10(2)18)17(11(3)19)7-12-5-4-6-13-8-21-15(20)14(12)13/h4-6,9,20H,7-8H2,1-3H3,(H,16,18). The van der Waals surface area contributed by atoms with Gasteiger partial charge in [0.15, 0.2) is 0 Å². The van der Waals surface area contributed by atoms with Crippen molar-refractivity contribution >= 4 is 24.4 Å². The first kappa shape index (κ1) is 15.5. The molecule has 1 aliphatic heterocycles. The van der Waals surface area contributed by atoms with Crippen LogP contribution in [0.4, 0.5) is 0 Å². The number of carbonyl (C=O) groups is 2. The van der Waals surface area contributed by atoms with Crippen molar-refractivity contribution in [1.82, 2.24) is 10.2 Å². The largest absolute Gasteiger partial charge is 0.492 e. The Morgan fingerprint density at radius 3 is 2.81 bits per heavy atom. The first-order valence-electron chi connectivity index (χ1n) is 6.84. The van der Waals surface area contributed by atoms with E-state index in [1.54, 1.807) is 11.8 Å². The van der Waals surface area contributed by atoms with Crippen LogP contribution in [0.25, 0.3) is 0 Å². The maximum absolute atomic E-state index is 11.8. The minimum Gasteiger partial charge on any atom is -0.423 e. The molecular weight excluding hydrogens is 271 g/mol. The van der Waals surface area contributed by atoms with E-state index in [9.17, 15) is 14.6 Å². The van der Waals surface area contributed by atoms with Gasteiger partial charge in [0.05, 0.1) is 6.61 Å². The van der Waals surface area contributed by atoms with Gasteiger partial charge in [0.2, 0.25) is 11.8 Å². The number of amides is 2. The molecule has 0 aromatic heterocycles. The van der Waals surface area contributed by atoms with E-state index < -0.39 is 13.3 Å². The van der Waals surface area contributed by atoms with Crippen LogP contribution in [0.5, 0.6) is 0 Å². The summed E-state index contributed by atoms with van der Waals surface area (Å²) in [5.74, 6) is -0.349. The molecule has 1 aromatic rings. The van der Waals surface area contributed by atoms with E-state index in [0.717, 1.165) is 16.6 Å². The van der Waals surface area contributed by atoms with Gasteiger partial charge in [0.1, 0.15) is 6.17 Å². The first-order valence-corrected chi connectivity index (χ1v) is 6.84. The Balaban J connectivity index is 2.24. The third-order valence-corrected chi connectivity index (χ3v) is 3.56. The van der Waals surface area contributed by atoms with Crippen LogP contribution >= 0.6 is 0 Å². The monoisotopic (exact) mass is 290 g/mol. The summed E-state index contributed by atoms with van der Waals surface area (Å²) < 4.78 is 5.21. The molecule has 21 heavy (non-hydrogen) atoms. The number of hydrogen-bond acceptors (Lipinski definition) is 4. The van der Waals surface area contributed by atoms with Crippen LogP contribution in [0.2, 0.25) is 0 Å². The molecule has 0 saturated carbocycles. The number of fused-ring (bicyclic) bond motifs is 1. The molecule has 1 heterocycles. The zero-order valence-corrected chi connectivity index (χ0v) is 12.4. The van der Waals surface area contributed by atoms with E-state index >= 15 is 0 Å². The molecule has 0 spiro atoms. The summed E-state index contributed by atoms with van der Waals surface area (Å²) >= 11 is 0. The average Bonchev–Trinajstić information content (AvgIpc) is 2.77. The zero-order chi connectivity index (χ0) is 15.6. The average molecular weight is 290 g/mol. The van der Waals surface area contributed by atoms with Gasteiger partial charge in [-0.3, -0.25) is 9.59 Å². The Morgan fingerprint density at radius 2 is 2.19 bits per heavy atom. The minimum atomic E-state index is -0.957. The molecule has 0 aliphatic carbocycles. The van der Waals surface area contributed by atoms with Crippen LogP contribution < -0.4 is 10.8 Å². The van der Waals surface area contributed by atoms with Crippen LogP contribution in [-0.4, -0.2) is 35.0 Å². The van der Waals surface area contributed by atoms with Gasteiger partial charge in [0.25, 0.3) is 0 Å². The van der Waals surface area contributed by atoms with Gasteiger partial charge in [-0.2, -0.15) is 0 Å². The Bertz CT molecular complexity index is 564. The summed E-state index contributed by atoms with van der Waals surface area (Å²) in [5.41, 5.74) is 2.47. The van der Waals surface area contributed by atoms with Crippen molar-refractivity contribution in [3.63, 3.8) is 0 Å². The third-order valence-electron chi connectivity index (χ3n) is 3.56. The lowest BCUT2D eigenvalue weighted by Gasteiger charge is -2.29. The summed E-state index contributed by atoms with van der Waals surface area (Å²) in [7, 11) is -0.957. The summed E-state index contributed by atoms with van der Waals surface area (Å²) in [6, 6.07) is 5.62. The van der Waals surface area contributed by atoms with Crippen molar-refractivity contribution in [2.24, 2.45) is 0 Å². The van der Waals surface area contributed by atoms with E-state index in [1.807, 2.05) is 18.2 Å². The van der Waals surface area contributed by atoms with Crippen molar-refractivity contribution < 1.29 is 19.3 Å². The minimum absolute atomic E-state index is 0.151. The summed E-state index contributed by atoms with van der Waals surface area (Å²) in [6.07, 6.45) is -0.421. The molecule has 0 saturated heterocycles. The van der Waals surface area contributed by atoms with E-state index in [0.29, 0.717) is 13.2 Å². The second-order valence-corrected chi connectivity index (χ2v) is 5.18. The van der Waals surface area contributed by atoms with Crippen molar-refractivity contribution in [3.05, 3.63) is 29.3 Å². The Morgan fingerprint density at radius 1 is 1.48 bits per heavy atom. The molecular formula is C14H19BN2O4. The number of benzene rings is 1. The van der Waals surface area contributed by atoms with Crippen molar-refractivity contribution in [2.45, 2.75) is 40.1 Å². The quantitative estimate of drug-likeness (QED) is 0.591. The highest BCUT2D eigenvalue weighted by atomic mass is 16.5. The van der Waals surface area contributed by atoms with Crippen molar-refractivity contribution in [2.75, 3.05) is 0 Å². The maximum atomic E-state index is 11.8. The van der Waals surface area contributed by atoms with Crippen molar-refractivity contribution in [3.8, 4) is 0 Å². The SMILES string of the molecule is CC(=O)NC(C)N(Cc1cccc2c1B(O)OC2)C(C)=O. The lowest BCUT2D eigenvalue weighted by molar-refractivity contribution is -0.133. The van der Waals surface area contributed by atoms with Gasteiger partial charge in [-0.15, -0.1) is 0 Å². The van der Waals surface area contributed by atoms with Crippen LogP contribution in [0.1, 0.15) is 31.9 Å². The maximum Gasteiger partial charge on any atom is 0.492 e. The number of nitrogens with zero attached hydrogens (tertiary/aromatic N) is 1. The number of carbonyl (C=O) groups excluding carboxylic acids is 2. The highest BCUT2D eigenvalue weighted by molar-refractivity contribution is 6.62. The fourth-order valence-electron chi connectivity index (χ4n) is 2.58. The second-order valence-electron chi connectivity index (χ2n) is 5.18. The lowest BCUT2D eigenvalue weighted by atomic mass is 9.76. The van der Waals surface area contributed by atoms with Crippen LogP contribution in [0, 0.1) is 0 Å². The summed E-state index contributed by atoms with van der Waals surface area (Å²) in [6.45, 7) is 5.28. The molecule has 0 fully saturated rings. The predicted octanol–water partition coefficient (Wildman–Crippen LogP) is -0.265.